The molecule has 0 aliphatic heterocycles. The summed E-state index contributed by atoms with van der Waals surface area (Å²) in [6.07, 6.45) is -9.14. The molecule has 0 saturated heterocycles. The lowest BCUT2D eigenvalue weighted by Crippen LogP contribution is -2.15. The first-order valence-electron chi connectivity index (χ1n) is 4.80. The summed E-state index contributed by atoms with van der Waals surface area (Å²) in [5.41, 5.74) is -3.02. The van der Waals surface area contributed by atoms with E-state index in [4.69, 9.17) is 0 Å². The van der Waals surface area contributed by atoms with Gasteiger partial charge >= 0.3 is 12.4 Å². The molecular formula is C10H9F6N. The Morgan fingerprint density at radius 1 is 0.941 bits per heavy atom. The summed E-state index contributed by atoms with van der Waals surface area (Å²) in [6, 6.07) is 1.30. The van der Waals surface area contributed by atoms with Gasteiger partial charge in [-0.2, -0.15) is 26.3 Å². The molecule has 7 heteroatoms. The summed E-state index contributed by atoms with van der Waals surface area (Å²) in [7, 11) is 0. The van der Waals surface area contributed by atoms with E-state index in [9.17, 15) is 26.3 Å². The molecule has 0 fully saturated rings. The number of hydrogen-bond acceptors (Lipinski definition) is 1. The highest BCUT2D eigenvalue weighted by Gasteiger charge is 2.38. The number of halogens is 6. The van der Waals surface area contributed by atoms with Crippen LogP contribution in [0.2, 0.25) is 0 Å². The zero-order valence-corrected chi connectivity index (χ0v) is 8.78. The number of alkyl halides is 6. The molecule has 1 rings (SSSR count). The van der Waals surface area contributed by atoms with Crippen LogP contribution in [0.3, 0.4) is 0 Å². The van der Waals surface area contributed by atoms with Gasteiger partial charge in [0, 0.05) is 0 Å². The van der Waals surface area contributed by atoms with Gasteiger partial charge in [-0.05, 0) is 24.1 Å². The predicted octanol–water partition coefficient (Wildman–Crippen LogP) is 4.07. The number of hydrogen-bond donors (Lipinski definition) is 0. The van der Waals surface area contributed by atoms with E-state index in [0.29, 0.717) is 18.6 Å². The van der Waals surface area contributed by atoms with Crippen molar-refractivity contribution >= 4 is 0 Å². The van der Waals surface area contributed by atoms with Crippen molar-refractivity contribution in [3.05, 3.63) is 29.1 Å². The van der Waals surface area contributed by atoms with Crippen molar-refractivity contribution in [1.29, 1.82) is 0 Å². The van der Waals surface area contributed by atoms with E-state index in [1.165, 1.54) is 0 Å². The minimum atomic E-state index is -4.87. The van der Waals surface area contributed by atoms with Crippen LogP contribution in [0.15, 0.2) is 12.1 Å². The maximum absolute atomic E-state index is 12.3. The van der Waals surface area contributed by atoms with Crippen molar-refractivity contribution in [3.8, 4) is 0 Å². The Morgan fingerprint density at radius 3 is 1.65 bits per heavy atom. The van der Waals surface area contributed by atoms with Crippen LogP contribution in [0.1, 0.15) is 30.3 Å². The fourth-order valence-electron chi connectivity index (χ4n) is 1.31. The molecule has 0 bridgehead atoms. The average Bonchev–Trinajstić information content (AvgIpc) is 2.15. The Hall–Kier alpha value is -1.27. The Labute approximate surface area is 93.5 Å². The zero-order chi connectivity index (χ0) is 13.3. The van der Waals surface area contributed by atoms with Gasteiger partial charge in [0.2, 0.25) is 0 Å². The second kappa shape index (κ2) is 4.54. The molecule has 0 aliphatic carbocycles. The molecule has 0 N–H and O–H groups in total. The molecule has 0 spiro atoms. The third-order valence-corrected chi connectivity index (χ3v) is 2.00. The second-order valence-corrected chi connectivity index (χ2v) is 3.49. The smallest absolute Gasteiger partial charge is 0.239 e. The highest BCUT2D eigenvalue weighted by atomic mass is 19.4. The van der Waals surface area contributed by atoms with E-state index in [-0.39, 0.29) is 12.0 Å². The number of pyridine rings is 1. The summed E-state index contributed by atoms with van der Waals surface area (Å²) >= 11 is 0. The molecule has 0 amide bonds. The summed E-state index contributed by atoms with van der Waals surface area (Å²) < 4.78 is 74.1. The maximum Gasteiger partial charge on any atom is 0.433 e. The van der Waals surface area contributed by atoms with Crippen LogP contribution in [-0.2, 0) is 18.8 Å². The third-order valence-electron chi connectivity index (χ3n) is 2.00. The van der Waals surface area contributed by atoms with Crippen molar-refractivity contribution in [2.75, 3.05) is 0 Å². The molecule has 1 nitrogen and oxygen atoms in total. The fourth-order valence-corrected chi connectivity index (χ4v) is 1.31. The average molecular weight is 257 g/mol. The SMILES string of the molecule is CCCc1cc(C(F)(F)F)nc(C(F)(F)F)c1. The minimum Gasteiger partial charge on any atom is -0.239 e. The van der Waals surface area contributed by atoms with Gasteiger partial charge in [0.05, 0.1) is 0 Å². The van der Waals surface area contributed by atoms with Gasteiger partial charge in [-0.25, -0.2) is 4.98 Å². The normalized spacial score (nSPS) is 12.9. The number of rotatable bonds is 2. The Morgan fingerprint density at radius 2 is 1.35 bits per heavy atom. The van der Waals surface area contributed by atoms with Crippen molar-refractivity contribution < 1.29 is 26.3 Å². The number of aryl methyl sites for hydroxylation is 1. The van der Waals surface area contributed by atoms with Crippen molar-refractivity contribution in [2.24, 2.45) is 0 Å². The Balaban J connectivity index is 3.29. The van der Waals surface area contributed by atoms with E-state index in [1.54, 1.807) is 6.92 Å². The lowest BCUT2D eigenvalue weighted by atomic mass is 10.1. The van der Waals surface area contributed by atoms with Gasteiger partial charge in [-0.3, -0.25) is 0 Å². The summed E-state index contributed by atoms with van der Waals surface area (Å²) in [5, 5.41) is 0. The highest BCUT2D eigenvalue weighted by molar-refractivity contribution is 5.25. The van der Waals surface area contributed by atoms with Gasteiger partial charge in [0.1, 0.15) is 11.4 Å². The van der Waals surface area contributed by atoms with E-state index in [1.807, 2.05) is 0 Å². The van der Waals surface area contributed by atoms with Gasteiger partial charge in [0.15, 0.2) is 0 Å². The van der Waals surface area contributed by atoms with Crippen LogP contribution in [0.5, 0.6) is 0 Å². The van der Waals surface area contributed by atoms with E-state index >= 15 is 0 Å². The zero-order valence-electron chi connectivity index (χ0n) is 8.78. The standard InChI is InChI=1S/C10H9F6N/c1-2-3-6-4-7(9(11,12)13)17-8(5-6)10(14,15)16/h4-5H,2-3H2,1H3. The quantitative estimate of drug-likeness (QED) is 0.728. The maximum atomic E-state index is 12.3. The van der Waals surface area contributed by atoms with Gasteiger partial charge in [-0.1, -0.05) is 13.3 Å². The van der Waals surface area contributed by atoms with E-state index < -0.39 is 23.7 Å². The number of nitrogens with zero attached hydrogens (tertiary/aromatic N) is 1. The molecule has 0 atom stereocenters. The molecule has 96 valence electrons. The Bertz CT molecular complexity index is 361. The summed E-state index contributed by atoms with van der Waals surface area (Å²) in [5.74, 6) is 0. The summed E-state index contributed by atoms with van der Waals surface area (Å²) in [4.78, 5) is 2.61. The minimum absolute atomic E-state index is 0.0119. The summed E-state index contributed by atoms with van der Waals surface area (Å²) in [6.45, 7) is 1.67. The van der Waals surface area contributed by atoms with Gasteiger partial charge in [-0.15, -0.1) is 0 Å². The molecule has 0 radical (unpaired) electrons. The highest BCUT2D eigenvalue weighted by Crippen LogP contribution is 2.33. The van der Waals surface area contributed by atoms with Crippen LogP contribution in [-0.4, -0.2) is 4.98 Å². The second-order valence-electron chi connectivity index (χ2n) is 3.49. The molecule has 1 aromatic rings. The van der Waals surface area contributed by atoms with Crippen molar-refractivity contribution in [2.45, 2.75) is 32.1 Å². The molecule has 0 aromatic carbocycles. The van der Waals surface area contributed by atoms with Crippen LogP contribution < -0.4 is 0 Å². The molecule has 0 saturated carbocycles. The lowest BCUT2D eigenvalue weighted by Gasteiger charge is -2.12. The lowest BCUT2D eigenvalue weighted by molar-refractivity contribution is -0.150. The predicted molar refractivity (Wildman–Crippen MR) is 48.2 cm³/mol. The topological polar surface area (TPSA) is 12.9 Å². The van der Waals surface area contributed by atoms with Gasteiger partial charge < -0.3 is 0 Å². The van der Waals surface area contributed by atoms with E-state index in [2.05, 4.69) is 4.98 Å². The first-order chi connectivity index (χ1) is 7.64. The molecule has 0 aliphatic rings. The van der Waals surface area contributed by atoms with Crippen LogP contribution in [0, 0.1) is 0 Å². The van der Waals surface area contributed by atoms with Crippen molar-refractivity contribution in [1.82, 2.24) is 4.98 Å². The van der Waals surface area contributed by atoms with Crippen LogP contribution in [0.4, 0.5) is 26.3 Å². The molecule has 1 heterocycles. The van der Waals surface area contributed by atoms with E-state index in [0.717, 1.165) is 0 Å². The molecular weight excluding hydrogens is 248 g/mol. The molecule has 0 unspecified atom stereocenters. The van der Waals surface area contributed by atoms with Crippen LogP contribution in [0.25, 0.3) is 0 Å². The third kappa shape index (κ3) is 3.61. The first-order valence-corrected chi connectivity index (χ1v) is 4.80. The van der Waals surface area contributed by atoms with Gasteiger partial charge in [0.25, 0.3) is 0 Å². The monoisotopic (exact) mass is 257 g/mol. The fraction of sp³-hybridized carbons (Fsp3) is 0.500. The van der Waals surface area contributed by atoms with Crippen molar-refractivity contribution in [3.63, 3.8) is 0 Å². The molecule has 17 heavy (non-hydrogen) atoms. The Kier molecular flexibility index (Phi) is 3.68. The largest absolute Gasteiger partial charge is 0.433 e. The first kappa shape index (κ1) is 13.8. The number of aromatic nitrogens is 1. The molecule has 1 aromatic heterocycles. The van der Waals surface area contributed by atoms with Crippen LogP contribution >= 0.6 is 0 Å².